The molecule has 1 aromatic carbocycles. The molecule has 6 heteroatoms. The third kappa shape index (κ3) is 4.21. The van der Waals surface area contributed by atoms with E-state index in [4.69, 9.17) is 10.5 Å². The lowest BCUT2D eigenvalue weighted by molar-refractivity contribution is 0.0916. The highest BCUT2D eigenvalue weighted by molar-refractivity contribution is 6.09. The van der Waals surface area contributed by atoms with Crippen LogP contribution in [0.5, 0.6) is 0 Å². The molecule has 0 unspecified atom stereocenters. The lowest BCUT2D eigenvalue weighted by Crippen LogP contribution is -2.34. The first-order valence-corrected chi connectivity index (χ1v) is 10.8. The number of rotatable bonds is 6. The first-order chi connectivity index (χ1) is 15.1. The Labute approximate surface area is 182 Å². The normalized spacial score (nSPS) is 14.3. The number of hydrogen-bond donors (Lipinski definition) is 0. The number of nitrogens with zero attached hydrogens (tertiary/aromatic N) is 5. The smallest absolute Gasteiger partial charge is 0.180 e. The van der Waals surface area contributed by atoms with Crippen LogP contribution in [0.25, 0.3) is 16.7 Å². The summed E-state index contributed by atoms with van der Waals surface area (Å²) in [5.74, 6) is 0.0917. The summed E-state index contributed by atoms with van der Waals surface area (Å²) in [6.45, 7) is 4.29. The zero-order chi connectivity index (χ0) is 21.8. The zero-order valence-electron chi connectivity index (χ0n) is 17.8. The van der Waals surface area contributed by atoms with E-state index in [9.17, 15) is 4.79 Å². The molecule has 31 heavy (non-hydrogen) atoms. The van der Waals surface area contributed by atoms with Gasteiger partial charge in [0.1, 0.15) is 0 Å². The van der Waals surface area contributed by atoms with E-state index in [-0.39, 0.29) is 5.78 Å². The number of piperidine rings is 1. The Hall–Kier alpha value is -3.48. The van der Waals surface area contributed by atoms with Crippen LogP contribution < -0.4 is 0 Å². The minimum absolute atomic E-state index is 0.0917. The summed E-state index contributed by atoms with van der Waals surface area (Å²) in [5.41, 5.74) is 5.52. The molecular weight excluding hydrogens is 386 g/mol. The summed E-state index contributed by atoms with van der Waals surface area (Å²) in [5, 5.41) is 18.1. The molecule has 0 spiro atoms. The Kier molecular flexibility index (Phi) is 6.11. The van der Waals surface area contributed by atoms with E-state index < -0.39 is 0 Å². The Balaban J connectivity index is 1.81. The monoisotopic (exact) mass is 411 g/mol. The van der Waals surface area contributed by atoms with Crippen molar-refractivity contribution in [3.8, 4) is 17.8 Å². The van der Waals surface area contributed by atoms with Crippen LogP contribution in [0, 0.1) is 29.6 Å². The van der Waals surface area contributed by atoms with Crippen LogP contribution in [-0.2, 0) is 6.42 Å². The summed E-state index contributed by atoms with van der Waals surface area (Å²) in [6, 6.07) is 13.7. The number of carbonyl (C=O) groups is 1. The van der Waals surface area contributed by atoms with Gasteiger partial charge in [-0.15, -0.1) is 0 Å². The predicted octanol–water partition coefficient (Wildman–Crippen LogP) is 4.33. The fraction of sp³-hybridized carbons (Fsp3) is 0.360. The third-order valence-electron chi connectivity index (χ3n) is 5.97. The molecule has 3 heterocycles. The van der Waals surface area contributed by atoms with Crippen molar-refractivity contribution in [2.24, 2.45) is 0 Å². The molecule has 4 rings (SSSR count). The highest BCUT2D eigenvalue weighted by atomic mass is 16.1. The lowest BCUT2D eigenvalue weighted by atomic mass is 10.1. The van der Waals surface area contributed by atoms with Crippen molar-refractivity contribution >= 4 is 16.8 Å². The maximum Gasteiger partial charge on any atom is 0.180 e. The van der Waals surface area contributed by atoms with E-state index in [0.29, 0.717) is 36.0 Å². The fourth-order valence-electron chi connectivity index (χ4n) is 4.41. The second kappa shape index (κ2) is 9.12. The molecule has 0 atom stereocenters. The zero-order valence-corrected chi connectivity index (χ0v) is 17.8. The first-order valence-electron chi connectivity index (χ1n) is 10.8. The molecule has 156 valence electrons. The van der Waals surface area contributed by atoms with Gasteiger partial charge in [0.25, 0.3) is 0 Å². The average molecular weight is 412 g/mol. The maximum absolute atomic E-state index is 13.4. The Morgan fingerprint density at radius 2 is 1.87 bits per heavy atom. The molecule has 2 aromatic heterocycles. The van der Waals surface area contributed by atoms with Gasteiger partial charge < -0.3 is 4.57 Å². The largest absolute Gasteiger partial charge is 0.312 e. The van der Waals surface area contributed by atoms with Gasteiger partial charge in [-0.1, -0.05) is 6.42 Å². The van der Waals surface area contributed by atoms with Crippen LogP contribution in [0.4, 0.5) is 0 Å². The van der Waals surface area contributed by atoms with Gasteiger partial charge in [-0.05, 0) is 75.2 Å². The van der Waals surface area contributed by atoms with Gasteiger partial charge in [0.05, 0.1) is 40.8 Å². The first kappa shape index (κ1) is 20.8. The molecule has 1 aliphatic rings. The predicted molar refractivity (Wildman–Crippen MR) is 119 cm³/mol. The molecule has 0 radical (unpaired) electrons. The summed E-state index contributed by atoms with van der Waals surface area (Å²) in [4.78, 5) is 20.3. The minimum Gasteiger partial charge on any atom is -0.312 e. The van der Waals surface area contributed by atoms with Crippen molar-refractivity contribution < 1.29 is 4.79 Å². The van der Waals surface area contributed by atoms with Crippen LogP contribution in [0.1, 0.15) is 52.9 Å². The Bertz CT molecular complexity index is 1190. The van der Waals surface area contributed by atoms with Gasteiger partial charge in [0.2, 0.25) is 0 Å². The molecule has 6 nitrogen and oxygen atoms in total. The molecule has 0 aliphatic carbocycles. The SMILES string of the molecule is Cc1c(C(=O)CN2CCCCC2)c2ncc(CCC#N)cc2n1-c1ccc(C#N)cc1. The summed E-state index contributed by atoms with van der Waals surface area (Å²) in [6.07, 6.45) is 6.33. The van der Waals surface area contributed by atoms with Crippen LogP contribution in [0.3, 0.4) is 0 Å². The number of aryl methyl sites for hydroxylation is 1. The van der Waals surface area contributed by atoms with Crippen molar-refractivity contribution in [3.05, 3.63) is 58.9 Å². The second-order valence-electron chi connectivity index (χ2n) is 8.08. The maximum atomic E-state index is 13.4. The van der Waals surface area contributed by atoms with Gasteiger partial charge in [-0.25, -0.2) is 0 Å². The number of carbonyl (C=O) groups excluding carboxylic acids is 1. The molecule has 0 bridgehead atoms. The van der Waals surface area contributed by atoms with Crippen molar-refractivity contribution in [1.82, 2.24) is 14.5 Å². The highest BCUT2D eigenvalue weighted by Crippen LogP contribution is 2.30. The fourth-order valence-corrected chi connectivity index (χ4v) is 4.41. The molecule has 0 amide bonds. The van der Waals surface area contributed by atoms with E-state index in [1.165, 1.54) is 6.42 Å². The van der Waals surface area contributed by atoms with Crippen molar-refractivity contribution in [2.45, 2.75) is 39.0 Å². The van der Waals surface area contributed by atoms with Crippen molar-refractivity contribution in [3.63, 3.8) is 0 Å². The Morgan fingerprint density at radius 1 is 1.13 bits per heavy atom. The van der Waals surface area contributed by atoms with Gasteiger partial charge in [0, 0.05) is 24.0 Å². The summed E-state index contributed by atoms with van der Waals surface area (Å²) >= 11 is 0. The van der Waals surface area contributed by atoms with E-state index in [1.807, 2.05) is 29.7 Å². The number of fused-ring (bicyclic) bond motifs is 1. The highest BCUT2D eigenvalue weighted by Gasteiger charge is 2.24. The van der Waals surface area contributed by atoms with E-state index in [0.717, 1.165) is 48.4 Å². The van der Waals surface area contributed by atoms with Gasteiger partial charge in [-0.2, -0.15) is 10.5 Å². The number of nitriles is 2. The van der Waals surface area contributed by atoms with Crippen LogP contribution in [0.15, 0.2) is 36.5 Å². The number of likely N-dealkylation sites (tertiary alicyclic amines) is 1. The topological polar surface area (TPSA) is 85.7 Å². The second-order valence-corrected chi connectivity index (χ2v) is 8.08. The standard InChI is InChI=1S/C25H25N5O/c1-18-24(23(31)17-29-12-3-2-4-13-29)25-22(14-20(16-28-25)6-5-11-26)30(18)21-9-7-19(15-27)8-10-21/h7-10,14,16H,2-6,12-13,17H2,1H3. The van der Waals surface area contributed by atoms with E-state index in [2.05, 4.69) is 22.0 Å². The van der Waals surface area contributed by atoms with Crippen LogP contribution in [0.2, 0.25) is 0 Å². The molecule has 0 saturated carbocycles. The number of benzene rings is 1. The number of pyridine rings is 1. The van der Waals surface area contributed by atoms with Crippen molar-refractivity contribution in [1.29, 1.82) is 10.5 Å². The molecular formula is C25H25N5O. The van der Waals surface area contributed by atoms with Crippen LogP contribution >= 0.6 is 0 Å². The molecule has 0 N–H and O–H groups in total. The minimum atomic E-state index is 0.0917. The summed E-state index contributed by atoms with van der Waals surface area (Å²) in [7, 11) is 0. The van der Waals surface area contributed by atoms with E-state index >= 15 is 0 Å². The third-order valence-corrected chi connectivity index (χ3v) is 5.97. The van der Waals surface area contributed by atoms with E-state index in [1.54, 1.807) is 18.3 Å². The summed E-state index contributed by atoms with van der Waals surface area (Å²) < 4.78 is 2.04. The molecule has 1 aliphatic heterocycles. The van der Waals surface area contributed by atoms with Crippen molar-refractivity contribution in [2.75, 3.05) is 19.6 Å². The molecule has 1 fully saturated rings. The van der Waals surface area contributed by atoms with Crippen LogP contribution in [-0.4, -0.2) is 39.9 Å². The van der Waals surface area contributed by atoms with Gasteiger partial charge in [-0.3, -0.25) is 14.7 Å². The lowest BCUT2D eigenvalue weighted by Gasteiger charge is -2.25. The number of Topliss-reactive ketones (excluding diaryl/α,β-unsaturated/α-hetero) is 1. The Morgan fingerprint density at radius 3 is 2.55 bits per heavy atom. The quantitative estimate of drug-likeness (QED) is 0.564. The average Bonchev–Trinajstić information content (AvgIpc) is 3.09. The number of aromatic nitrogens is 2. The molecule has 1 saturated heterocycles. The molecule has 3 aromatic rings. The number of ketones is 1. The van der Waals surface area contributed by atoms with Gasteiger partial charge >= 0.3 is 0 Å². The van der Waals surface area contributed by atoms with Gasteiger partial charge in [0.15, 0.2) is 5.78 Å². The number of hydrogen-bond acceptors (Lipinski definition) is 5.